The van der Waals surface area contributed by atoms with Crippen LogP contribution in [0.1, 0.15) is 118 Å². The van der Waals surface area contributed by atoms with Crippen molar-refractivity contribution in [1.29, 1.82) is 0 Å². The smallest absolute Gasteiger partial charge is 0.410 e. The first-order valence-corrected chi connectivity index (χ1v) is 31.1. The number of piperidine rings is 1. The van der Waals surface area contributed by atoms with Gasteiger partial charge in [0.1, 0.15) is 36.8 Å². The van der Waals surface area contributed by atoms with Gasteiger partial charge in [-0.1, -0.05) is 50.3 Å². The molecule has 85 heavy (non-hydrogen) atoms. The standard InChI is InChI=1S/C60H91FIN9O14/c1-32-24-59(8,79-13)52(83-54-47(73)43(23-33(2)80-54)69(10)22-20-42-31-71(68-67-42)44(26-61)49(77-11)40-18-16-39(17-19-40)41-28-65-56(63)66-29-41)35(4)48(82-45-25-58(7,78-12)51(74)37(6)81-45)36(5)53(75)84-55(62)60(9)50(34(3)46(32)72)70(57(76)85-60)30-38-15-14-21-64-27-38/h16-19,28-29,31-38,43-45,47-52,54-55,64,73-74H,14-15,20-27,30H2,1-13H3,(H2,63,65,66)/t32-,33-,34+,35+,36-,37+,38?,43+,44-,45+,47-,48+,49-,50-,51+,52-,54+,55+,58-,59-,60+/m1/s1. The Morgan fingerprint density at radius 3 is 2.27 bits per heavy atom. The first kappa shape index (κ1) is 66.8. The number of aliphatic hydroxyl groups is 2. The molecule has 0 radical (unpaired) electrons. The van der Waals surface area contributed by atoms with Crippen molar-refractivity contribution in [3.63, 3.8) is 0 Å². The number of alkyl halides is 2. The molecule has 0 spiro atoms. The van der Waals surface area contributed by atoms with Gasteiger partial charge in [-0.3, -0.25) is 14.5 Å². The highest BCUT2D eigenvalue weighted by Crippen LogP contribution is 2.46. The van der Waals surface area contributed by atoms with E-state index in [-0.39, 0.29) is 30.5 Å². The Morgan fingerprint density at radius 2 is 1.64 bits per heavy atom. The van der Waals surface area contributed by atoms with Crippen LogP contribution in [-0.4, -0.2) is 206 Å². The number of nitrogens with one attached hydrogen (secondary N) is 1. The van der Waals surface area contributed by atoms with Crippen LogP contribution in [0.25, 0.3) is 11.1 Å². The number of amides is 1. The highest BCUT2D eigenvalue weighted by Gasteiger charge is 2.61. The fourth-order valence-electron chi connectivity index (χ4n) is 13.7. The van der Waals surface area contributed by atoms with Crippen molar-refractivity contribution in [2.75, 3.05) is 67.0 Å². The van der Waals surface area contributed by atoms with E-state index >= 15 is 9.18 Å². The molecule has 1 amide bonds. The number of rotatable bonds is 18. The van der Waals surface area contributed by atoms with Gasteiger partial charge in [-0.2, -0.15) is 0 Å². The number of anilines is 1. The predicted octanol–water partition coefficient (Wildman–Crippen LogP) is 6.03. The third-order valence-electron chi connectivity index (χ3n) is 18.9. The molecule has 25 heteroatoms. The van der Waals surface area contributed by atoms with Crippen LogP contribution in [0.15, 0.2) is 42.9 Å². The summed E-state index contributed by atoms with van der Waals surface area (Å²) in [5, 5.41) is 36.0. The van der Waals surface area contributed by atoms with Crippen molar-refractivity contribution in [2.24, 2.45) is 29.6 Å². The maximum absolute atomic E-state index is 15.2. The van der Waals surface area contributed by atoms with E-state index in [0.717, 1.165) is 36.1 Å². The Bertz CT molecular complexity index is 2700. The molecule has 3 aromatic rings. The van der Waals surface area contributed by atoms with Crippen molar-refractivity contribution in [2.45, 2.75) is 195 Å². The van der Waals surface area contributed by atoms with Crippen LogP contribution in [0, 0.1) is 29.6 Å². The average Bonchev–Trinajstić information content (AvgIpc) is 1.86. The summed E-state index contributed by atoms with van der Waals surface area (Å²) in [4.78, 5) is 56.2. The number of cyclic esters (lactones) is 1. The van der Waals surface area contributed by atoms with Crippen molar-refractivity contribution < 1.29 is 71.6 Å². The van der Waals surface area contributed by atoms with E-state index in [9.17, 15) is 19.8 Å². The number of hydrogen-bond donors (Lipinski definition) is 4. The summed E-state index contributed by atoms with van der Waals surface area (Å²) < 4.78 is 73.5. The van der Waals surface area contributed by atoms with Gasteiger partial charge in [0.25, 0.3) is 0 Å². The van der Waals surface area contributed by atoms with Gasteiger partial charge in [-0.25, -0.2) is 23.8 Å². The van der Waals surface area contributed by atoms with E-state index < -0.39 is 137 Å². The Labute approximate surface area is 512 Å². The monoisotopic (exact) mass is 1310 g/mol. The van der Waals surface area contributed by atoms with Gasteiger partial charge < -0.3 is 68.8 Å². The molecule has 7 heterocycles. The lowest BCUT2D eigenvalue weighted by molar-refractivity contribution is -0.319. The second-order valence-corrected chi connectivity index (χ2v) is 26.2. The molecule has 5 aliphatic heterocycles. The van der Waals surface area contributed by atoms with Gasteiger partial charge in [0.05, 0.1) is 53.3 Å². The maximum atomic E-state index is 15.2. The summed E-state index contributed by atoms with van der Waals surface area (Å²) in [6.07, 6.45) is -1.31. The van der Waals surface area contributed by atoms with E-state index in [0.29, 0.717) is 38.2 Å². The number of nitrogen functional groups attached to an aromatic ring is 1. The molecular weight excluding hydrogens is 1220 g/mol. The Kier molecular flexibility index (Phi) is 22.1. The number of fused-ring (bicyclic) bond motifs is 1. The van der Waals surface area contributed by atoms with Crippen LogP contribution in [0.5, 0.6) is 0 Å². The van der Waals surface area contributed by atoms with E-state index in [1.807, 2.05) is 93.4 Å². The third-order valence-corrected chi connectivity index (χ3v) is 20.4. The van der Waals surface area contributed by atoms with Crippen LogP contribution in [0.3, 0.4) is 0 Å². The molecule has 1 aromatic carbocycles. The molecule has 8 rings (SSSR count). The van der Waals surface area contributed by atoms with Crippen molar-refractivity contribution >= 4 is 46.4 Å². The third kappa shape index (κ3) is 14.5. The maximum Gasteiger partial charge on any atom is 0.410 e. The minimum Gasteiger partial charge on any atom is -0.447 e. The van der Waals surface area contributed by atoms with Gasteiger partial charge in [-0.15, -0.1) is 5.10 Å². The number of ketones is 1. The molecular formula is C60H91FIN9O14. The van der Waals surface area contributed by atoms with Crippen molar-refractivity contribution in [3.8, 4) is 11.1 Å². The number of aliphatic hydroxyl groups excluding tert-OH is 2. The second kappa shape index (κ2) is 28.1. The first-order valence-electron chi connectivity index (χ1n) is 29.8. The molecule has 5 aliphatic rings. The number of halogens is 2. The Hall–Kier alpha value is -4.13. The highest BCUT2D eigenvalue weighted by molar-refractivity contribution is 14.1. The summed E-state index contributed by atoms with van der Waals surface area (Å²) in [6, 6.07) is 5.34. The van der Waals surface area contributed by atoms with Gasteiger partial charge in [0, 0.05) is 95.2 Å². The Balaban J connectivity index is 1.06. The molecule has 5 N–H and O–H groups in total. The highest BCUT2D eigenvalue weighted by atomic mass is 127. The summed E-state index contributed by atoms with van der Waals surface area (Å²) in [7, 11) is 6.46. The number of nitrogens with two attached hydrogens (primary N) is 1. The van der Waals surface area contributed by atoms with E-state index in [2.05, 4.69) is 25.6 Å². The summed E-state index contributed by atoms with van der Waals surface area (Å²) in [5.74, 6) is -3.91. The fraction of sp³-hybridized carbons (Fsp3) is 0.750. The summed E-state index contributed by atoms with van der Waals surface area (Å²) in [5.41, 5.74) is 4.76. The number of carbonyl (C=O) groups is 3. The quantitative estimate of drug-likeness (QED) is 0.0643. The van der Waals surface area contributed by atoms with Crippen LogP contribution in [-0.2, 0) is 58.6 Å². The molecule has 5 saturated heterocycles. The number of likely N-dealkylation sites (N-methyl/N-ethyl adjacent to an activating group) is 1. The predicted molar refractivity (Wildman–Crippen MR) is 318 cm³/mol. The zero-order valence-corrected chi connectivity index (χ0v) is 53.6. The molecule has 0 bridgehead atoms. The largest absolute Gasteiger partial charge is 0.447 e. The lowest BCUT2D eigenvalue weighted by Gasteiger charge is -2.50. The van der Waals surface area contributed by atoms with Crippen LogP contribution in [0.4, 0.5) is 15.1 Å². The lowest BCUT2D eigenvalue weighted by atomic mass is 9.74. The summed E-state index contributed by atoms with van der Waals surface area (Å²) >= 11 is 2.00. The van der Waals surface area contributed by atoms with Crippen LogP contribution in [0.2, 0.25) is 0 Å². The number of hydrogen-bond acceptors (Lipinski definition) is 21. The number of Topliss-reactive ketones (excluding diaryl/α,β-unsaturated/α-hetero) is 1. The van der Waals surface area contributed by atoms with Gasteiger partial charge in [-0.05, 0) is 127 Å². The lowest BCUT2D eigenvalue weighted by Crippen LogP contribution is -2.61. The number of benzene rings is 1. The summed E-state index contributed by atoms with van der Waals surface area (Å²) in [6.45, 7) is 17.7. The number of nitrogens with zero attached hydrogens (tertiary/aromatic N) is 7. The van der Waals surface area contributed by atoms with Gasteiger partial charge in [0.2, 0.25) is 5.95 Å². The second-order valence-electron chi connectivity index (χ2n) is 25.0. The molecule has 2 aromatic heterocycles. The topological polar surface area (TPSA) is 276 Å². The van der Waals surface area contributed by atoms with Crippen LogP contribution >= 0.6 is 22.6 Å². The molecule has 0 saturated carbocycles. The molecule has 1 unspecified atom stereocenters. The van der Waals surface area contributed by atoms with E-state index in [1.165, 1.54) is 26.0 Å². The number of carbonyl (C=O) groups excluding carboxylic acids is 3. The number of aromatic nitrogens is 5. The van der Waals surface area contributed by atoms with Crippen molar-refractivity contribution in [3.05, 3.63) is 54.1 Å². The van der Waals surface area contributed by atoms with Crippen molar-refractivity contribution in [1.82, 2.24) is 40.1 Å². The molecule has 21 atom stereocenters. The zero-order chi connectivity index (χ0) is 61.9. The van der Waals surface area contributed by atoms with E-state index in [4.69, 9.17) is 48.4 Å². The van der Waals surface area contributed by atoms with Gasteiger partial charge >= 0.3 is 12.1 Å². The minimum absolute atomic E-state index is 0.0849. The Morgan fingerprint density at radius 1 is 0.941 bits per heavy atom. The molecule has 23 nitrogen and oxygen atoms in total. The average molecular weight is 1310 g/mol. The SMILES string of the molecule is CO[C@H](c1ccc(-c2cnc(N)nc2)cc1)[C@@H](CF)n1cc(CCN(C)[C@H]2C[C@@H](C)O[C@@H](O[C@@H]3[C@@H](C)[C@H](O[C@H]4C[C@@](C)(OC)[C@@H](O)[C@H](C)O4)[C@@H](C)C(=O)O[C@H](I)[C@@]4(C)OC(=O)N(CC5CCCNC5)[C@@H]4[C@@H](C)C(=O)[C@H](C)C[C@@]3(C)OC)[C@@H]2O)nn1. The number of esters is 1. The van der Waals surface area contributed by atoms with Gasteiger partial charge in [0.15, 0.2) is 22.3 Å². The number of ether oxygens (including phenoxy) is 9. The fourth-order valence-corrected chi connectivity index (χ4v) is 14.4. The minimum atomic E-state index is -1.45. The normalized spacial score (nSPS) is 37.9. The first-order chi connectivity index (χ1) is 40.3. The zero-order valence-electron chi connectivity index (χ0n) is 51.5. The van der Waals surface area contributed by atoms with E-state index in [1.54, 1.807) is 51.2 Å². The molecule has 474 valence electrons. The van der Waals surface area contributed by atoms with Crippen LogP contribution < -0.4 is 11.1 Å². The molecule has 0 aliphatic carbocycles. The number of methoxy groups -OCH3 is 3. The molecule has 5 fully saturated rings.